The van der Waals surface area contributed by atoms with E-state index in [4.69, 9.17) is 17.3 Å². The number of halogens is 2. The molecule has 0 spiro atoms. The van der Waals surface area contributed by atoms with Crippen molar-refractivity contribution in [2.24, 2.45) is 11.7 Å². The number of amides is 1. The Morgan fingerprint density at radius 2 is 2.04 bits per heavy atom. The van der Waals surface area contributed by atoms with Crippen LogP contribution in [0.15, 0.2) is 18.2 Å². The van der Waals surface area contributed by atoms with Gasteiger partial charge in [0.25, 0.3) is 11.6 Å². The average Bonchev–Trinajstić information content (AvgIpc) is 2.52. The highest BCUT2D eigenvalue weighted by molar-refractivity contribution is 6.34. The number of carbonyl (C=O) groups excluding carboxylic acids is 1. The highest BCUT2D eigenvalue weighted by atomic mass is 35.5. The van der Waals surface area contributed by atoms with E-state index in [-0.39, 0.29) is 34.7 Å². The topological polar surface area (TPSA) is 98.3 Å². The number of benzene rings is 1. The molecule has 128 valence electrons. The van der Waals surface area contributed by atoms with Crippen molar-refractivity contribution < 1.29 is 9.72 Å². The smallest absolute Gasteiger partial charge is 0.283 e. The average molecular weight is 362 g/mol. The van der Waals surface area contributed by atoms with Crippen LogP contribution in [0.5, 0.6) is 0 Å². The molecule has 1 aliphatic rings. The lowest BCUT2D eigenvalue weighted by atomic mass is 9.84. The minimum Gasteiger partial charge on any atom is -0.347 e. The van der Waals surface area contributed by atoms with Gasteiger partial charge in [-0.1, -0.05) is 36.9 Å². The highest BCUT2D eigenvalue weighted by Gasteiger charge is 2.28. The molecule has 6 nitrogen and oxygen atoms in total. The summed E-state index contributed by atoms with van der Waals surface area (Å²) in [5.74, 6) is -0.206. The van der Waals surface area contributed by atoms with Crippen molar-refractivity contribution in [3.05, 3.63) is 38.9 Å². The standard InChI is InChI=1S/C15H20ClN3O3.ClH/c16-11-7-4-8-13(19(21)22)14(11)15(20)18-12(9-17)10-5-2-1-3-6-10;/h4,7-8,10,12H,1-3,5-6,9,17H2,(H,18,20);1H. The van der Waals surface area contributed by atoms with Crippen molar-refractivity contribution in [1.82, 2.24) is 5.32 Å². The van der Waals surface area contributed by atoms with Crippen molar-refractivity contribution in [1.29, 1.82) is 0 Å². The second-order valence-electron chi connectivity index (χ2n) is 5.60. The van der Waals surface area contributed by atoms with Crippen molar-refractivity contribution in [2.45, 2.75) is 38.1 Å². The van der Waals surface area contributed by atoms with Crippen molar-refractivity contribution in [3.63, 3.8) is 0 Å². The fourth-order valence-corrected chi connectivity index (χ4v) is 3.29. The Morgan fingerprint density at radius 1 is 1.39 bits per heavy atom. The molecule has 2 rings (SSSR count). The molecule has 1 saturated carbocycles. The quantitative estimate of drug-likeness (QED) is 0.620. The normalized spacial score (nSPS) is 16.3. The molecule has 0 saturated heterocycles. The second kappa shape index (κ2) is 9.05. The Balaban J connectivity index is 0.00000264. The van der Waals surface area contributed by atoms with E-state index in [1.54, 1.807) is 0 Å². The van der Waals surface area contributed by atoms with Crippen LogP contribution in [-0.2, 0) is 0 Å². The fourth-order valence-electron chi connectivity index (χ4n) is 3.04. The molecule has 1 fully saturated rings. The summed E-state index contributed by atoms with van der Waals surface area (Å²) in [6, 6.07) is 4.03. The first-order chi connectivity index (χ1) is 10.5. The third-order valence-electron chi connectivity index (χ3n) is 4.20. The number of nitrogens with zero attached hydrogens (tertiary/aromatic N) is 1. The molecular weight excluding hydrogens is 341 g/mol. The van der Waals surface area contributed by atoms with E-state index < -0.39 is 10.8 Å². The Bertz CT molecular complexity index is 563. The zero-order chi connectivity index (χ0) is 16.1. The van der Waals surface area contributed by atoms with Crippen LogP contribution in [0.2, 0.25) is 5.02 Å². The van der Waals surface area contributed by atoms with E-state index in [9.17, 15) is 14.9 Å². The lowest BCUT2D eigenvalue weighted by Gasteiger charge is -2.30. The number of hydrogen-bond acceptors (Lipinski definition) is 4. The molecule has 0 heterocycles. The number of nitro benzene ring substituents is 1. The van der Waals surface area contributed by atoms with Crippen molar-refractivity contribution in [3.8, 4) is 0 Å². The minimum atomic E-state index is -0.598. The van der Waals surface area contributed by atoms with Gasteiger partial charge in [0.2, 0.25) is 0 Å². The van der Waals surface area contributed by atoms with Crippen LogP contribution in [0.25, 0.3) is 0 Å². The summed E-state index contributed by atoms with van der Waals surface area (Å²) in [5, 5.41) is 14.0. The monoisotopic (exact) mass is 361 g/mol. The first-order valence-electron chi connectivity index (χ1n) is 7.48. The van der Waals surface area contributed by atoms with Crippen LogP contribution in [0.1, 0.15) is 42.5 Å². The van der Waals surface area contributed by atoms with Gasteiger partial charge in [0.05, 0.1) is 9.95 Å². The molecule has 8 heteroatoms. The molecular formula is C15H21Cl2N3O3. The molecule has 0 radical (unpaired) electrons. The summed E-state index contributed by atoms with van der Waals surface area (Å²) in [6.45, 7) is 0.314. The maximum Gasteiger partial charge on any atom is 0.283 e. The molecule has 1 aromatic carbocycles. The van der Waals surface area contributed by atoms with Gasteiger partial charge in [0, 0.05) is 18.7 Å². The van der Waals surface area contributed by atoms with E-state index in [0.717, 1.165) is 25.7 Å². The van der Waals surface area contributed by atoms with Gasteiger partial charge in [-0.15, -0.1) is 12.4 Å². The van der Waals surface area contributed by atoms with Crippen LogP contribution in [-0.4, -0.2) is 23.4 Å². The molecule has 23 heavy (non-hydrogen) atoms. The van der Waals surface area contributed by atoms with Crippen LogP contribution in [0, 0.1) is 16.0 Å². The molecule has 1 aliphatic carbocycles. The molecule has 1 amide bonds. The number of nitro groups is 1. The predicted octanol–water partition coefficient (Wildman–Crippen LogP) is 3.31. The highest BCUT2D eigenvalue weighted by Crippen LogP contribution is 2.29. The summed E-state index contributed by atoms with van der Waals surface area (Å²) in [4.78, 5) is 22.9. The lowest BCUT2D eigenvalue weighted by molar-refractivity contribution is -0.385. The van der Waals surface area contributed by atoms with Crippen LogP contribution in [0.3, 0.4) is 0 Å². The lowest BCUT2D eigenvalue weighted by Crippen LogP contribution is -2.46. The van der Waals surface area contributed by atoms with Gasteiger partial charge in [-0.25, -0.2) is 0 Å². The summed E-state index contributed by atoms with van der Waals surface area (Å²) in [7, 11) is 0. The largest absolute Gasteiger partial charge is 0.347 e. The van der Waals surface area contributed by atoms with Crippen LogP contribution >= 0.6 is 24.0 Å². The van der Waals surface area contributed by atoms with Crippen molar-refractivity contribution in [2.75, 3.05) is 6.54 Å². The molecule has 0 aliphatic heterocycles. The molecule has 1 unspecified atom stereocenters. The Labute approximate surface area is 146 Å². The second-order valence-corrected chi connectivity index (χ2v) is 6.01. The first kappa shape index (κ1) is 19.7. The van der Waals surface area contributed by atoms with E-state index >= 15 is 0 Å². The molecule has 0 bridgehead atoms. The van der Waals surface area contributed by atoms with E-state index in [1.165, 1.54) is 24.6 Å². The zero-order valence-corrected chi connectivity index (χ0v) is 14.2. The van der Waals surface area contributed by atoms with Gasteiger partial charge in [-0.05, 0) is 24.8 Å². The van der Waals surface area contributed by atoms with E-state index in [0.29, 0.717) is 12.5 Å². The zero-order valence-electron chi connectivity index (χ0n) is 12.7. The number of nitrogens with two attached hydrogens (primary N) is 1. The number of carbonyl (C=O) groups is 1. The van der Waals surface area contributed by atoms with Crippen molar-refractivity contribution >= 4 is 35.6 Å². The van der Waals surface area contributed by atoms with Gasteiger partial charge in [-0.2, -0.15) is 0 Å². The van der Waals surface area contributed by atoms with Gasteiger partial charge < -0.3 is 11.1 Å². The Morgan fingerprint density at radius 3 is 2.61 bits per heavy atom. The number of hydrogen-bond donors (Lipinski definition) is 2. The van der Waals surface area contributed by atoms with E-state index in [1.807, 2.05) is 0 Å². The van der Waals surface area contributed by atoms with Gasteiger partial charge in [-0.3, -0.25) is 14.9 Å². The molecule has 1 aromatic rings. The van der Waals surface area contributed by atoms with E-state index in [2.05, 4.69) is 5.32 Å². The van der Waals surface area contributed by atoms with Gasteiger partial charge in [0.15, 0.2) is 0 Å². The van der Waals surface area contributed by atoms with Crippen LogP contribution < -0.4 is 11.1 Å². The number of rotatable bonds is 5. The molecule has 0 aromatic heterocycles. The summed E-state index contributed by atoms with van der Waals surface area (Å²) < 4.78 is 0. The fraction of sp³-hybridized carbons (Fsp3) is 0.533. The summed E-state index contributed by atoms with van der Waals surface area (Å²) in [6.07, 6.45) is 5.50. The maximum atomic E-state index is 12.4. The first-order valence-corrected chi connectivity index (χ1v) is 7.86. The molecule has 1 atom stereocenters. The number of nitrogens with one attached hydrogen (secondary N) is 1. The third-order valence-corrected chi connectivity index (χ3v) is 4.52. The van der Waals surface area contributed by atoms with Gasteiger partial charge >= 0.3 is 0 Å². The Hall–Kier alpha value is -1.37. The predicted molar refractivity (Wildman–Crippen MR) is 92.2 cm³/mol. The third kappa shape index (κ3) is 4.80. The van der Waals surface area contributed by atoms with Crippen LogP contribution in [0.4, 0.5) is 5.69 Å². The van der Waals surface area contributed by atoms with Gasteiger partial charge in [0.1, 0.15) is 5.56 Å². The SMILES string of the molecule is Cl.NCC(NC(=O)c1c(Cl)cccc1[N+](=O)[O-])C1CCCCC1. The summed E-state index contributed by atoms with van der Waals surface area (Å²) in [5.41, 5.74) is 5.40. The molecule has 3 N–H and O–H groups in total. The minimum absolute atomic E-state index is 0. The Kier molecular flexibility index (Phi) is 7.75. The summed E-state index contributed by atoms with van der Waals surface area (Å²) >= 11 is 5.98. The maximum absolute atomic E-state index is 12.4.